The molecule has 2 aliphatic heterocycles. The Morgan fingerprint density at radius 3 is 2.61 bits per heavy atom. The second-order valence-corrected chi connectivity index (χ2v) is 9.08. The number of rotatable bonds is 7. The van der Waals surface area contributed by atoms with Gasteiger partial charge in [0.1, 0.15) is 24.6 Å². The van der Waals surface area contributed by atoms with Crippen molar-refractivity contribution in [2.24, 2.45) is 0 Å². The molecule has 10 heteroatoms. The van der Waals surface area contributed by atoms with E-state index in [1.54, 1.807) is 19.9 Å². The molecular formula is C26H30FN3O6. The Labute approximate surface area is 208 Å². The van der Waals surface area contributed by atoms with Gasteiger partial charge in [0, 0.05) is 29.8 Å². The van der Waals surface area contributed by atoms with Crippen molar-refractivity contribution in [3.63, 3.8) is 0 Å². The second-order valence-electron chi connectivity index (χ2n) is 9.08. The number of nitrogens with one attached hydrogen (secondary N) is 2. The average Bonchev–Trinajstić information content (AvgIpc) is 3.31. The smallest absolute Gasteiger partial charge is 0.354 e. The topological polar surface area (TPSA) is 116 Å². The van der Waals surface area contributed by atoms with E-state index >= 15 is 0 Å². The first kappa shape index (κ1) is 25.6. The third-order valence-corrected chi connectivity index (χ3v) is 6.91. The first-order valence-corrected chi connectivity index (χ1v) is 12.0. The lowest BCUT2D eigenvalue weighted by atomic mass is 9.93. The van der Waals surface area contributed by atoms with E-state index in [9.17, 15) is 23.9 Å². The molecule has 1 amide bonds. The summed E-state index contributed by atoms with van der Waals surface area (Å²) >= 11 is 0. The lowest BCUT2D eigenvalue weighted by Gasteiger charge is -2.29. The molecule has 2 fully saturated rings. The maximum atomic E-state index is 15.0. The summed E-state index contributed by atoms with van der Waals surface area (Å²) in [5.41, 5.74) is 0.616. The summed E-state index contributed by atoms with van der Waals surface area (Å²) in [6.07, 6.45) is 0.579. The quantitative estimate of drug-likeness (QED) is 0.241. The van der Waals surface area contributed by atoms with Crippen molar-refractivity contribution in [3.05, 3.63) is 63.7 Å². The van der Waals surface area contributed by atoms with Crippen LogP contribution < -0.4 is 10.0 Å². The number of Topliss-reactive ketones (excluding diaryl/α,β-unsaturated/α-hetero) is 1. The van der Waals surface area contributed by atoms with Crippen molar-refractivity contribution in [1.82, 2.24) is 9.88 Å². The number of aryl methyl sites for hydroxylation is 1. The number of carbonyl (C=O) groups is 3. The Bertz CT molecular complexity index is 1210. The summed E-state index contributed by atoms with van der Waals surface area (Å²) in [7, 11) is 1.22. The summed E-state index contributed by atoms with van der Waals surface area (Å²) < 4.78 is 25.1. The molecule has 9 nitrogen and oxygen atoms in total. The van der Waals surface area contributed by atoms with Gasteiger partial charge in [-0.25, -0.2) is 9.18 Å². The van der Waals surface area contributed by atoms with E-state index in [1.165, 1.54) is 35.1 Å². The van der Waals surface area contributed by atoms with Crippen LogP contribution in [0.5, 0.6) is 0 Å². The SMILES string of the molecule is COC(=O)c1[nH]c(C)c(C([O-])=C2C(=O)C(=O)N(CCC[NH+]3CCOCC3)C2c2ccccc2F)c1C. The lowest BCUT2D eigenvalue weighted by Crippen LogP contribution is -3.14. The molecule has 2 aliphatic rings. The third kappa shape index (κ3) is 4.66. The van der Waals surface area contributed by atoms with Crippen molar-refractivity contribution >= 4 is 23.4 Å². The number of carbonyl (C=O) groups excluding carboxylic acids is 3. The van der Waals surface area contributed by atoms with Crippen LogP contribution in [0, 0.1) is 19.7 Å². The zero-order valence-electron chi connectivity index (χ0n) is 20.6. The first-order valence-electron chi connectivity index (χ1n) is 12.0. The van der Waals surface area contributed by atoms with Crippen LogP contribution in [0.15, 0.2) is 29.8 Å². The lowest BCUT2D eigenvalue weighted by molar-refractivity contribution is -0.908. The van der Waals surface area contributed by atoms with Gasteiger partial charge in [-0.05, 0) is 31.0 Å². The number of likely N-dealkylation sites (tertiary alicyclic amines) is 1. The number of ether oxygens (including phenoxy) is 2. The van der Waals surface area contributed by atoms with Gasteiger partial charge in [-0.15, -0.1) is 0 Å². The summed E-state index contributed by atoms with van der Waals surface area (Å²) in [5.74, 6) is -3.76. The van der Waals surface area contributed by atoms with Gasteiger partial charge in [0.25, 0.3) is 5.91 Å². The van der Waals surface area contributed by atoms with Crippen molar-refractivity contribution in [3.8, 4) is 0 Å². The van der Waals surface area contributed by atoms with Gasteiger partial charge in [-0.1, -0.05) is 24.0 Å². The highest BCUT2D eigenvalue weighted by Crippen LogP contribution is 2.40. The van der Waals surface area contributed by atoms with Crippen LogP contribution in [0.1, 0.15) is 45.3 Å². The summed E-state index contributed by atoms with van der Waals surface area (Å²) in [5, 5.41) is 13.8. The average molecular weight is 500 g/mol. The fourth-order valence-corrected chi connectivity index (χ4v) is 5.06. The van der Waals surface area contributed by atoms with Gasteiger partial charge in [0.05, 0.1) is 32.9 Å². The number of quaternary nitrogens is 1. The summed E-state index contributed by atoms with van der Waals surface area (Å²) in [6, 6.07) is 4.67. The summed E-state index contributed by atoms with van der Waals surface area (Å²) in [6.45, 7) is 7.16. The van der Waals surface area contributed by atoms with E-state index in [0.717, 1.165) is 19.6 Å². The van der Waals surface area contributed by atoms with E-state index < -0.39 is 35.3 Å². The maximum Gasteiger partial charge on any atom is 0.354 e. The second kappa shape index (κ2) is 10.6. The van der Waals surface area contributed by atoms with Crippen LogP contribution in [0.4, 0.5) is 4.39 Å². The predicted octanol–water partition coefficient (Wildman–Crippen LogP) is 0.0864. The van der Waals surface area contributed by atoms with Gasteiger partial charge < -0.3 is 29.4 Å². The van der Waals surface area contributed by atoms with Gasteiger partial charge >= 0.3 is 5.97 Å². The highest BCUT2D eigenvalue weighted by atomic mass is 19.1. The molecule has 1 aromatic heterocycles. The van der Waals surface area contributed by atoms with Crippen molar-refractivity contribution < 1.29 is 38.3 Å². The third-order valence-electron chi connectivity index (χ3n) is 6.91. The van der Waals surface area contributed by atoms with Gasteiger partial charge in [-0.2, -0.15) is 0 Å². The van der Waals surface area contributed by atoms with Crippen molar-refractivity contribution in [1.29, 1.82) is 0 Å². The number of amides is 1. The number of ketones is 1. The van der Waals surface area contributed by atoms with Crippen LogP contribution in [-0.4, -0.2) is 74.0 Å². The Kier molecular flexibility index (Phi) is 7.56. The first-order chi connectivity index (χ1) is 17.3. The van der Waals surface area contributed by atoms with Crippen LogP contribution >= 0.6 is 0 Å². The molecule has 0 saturated carbocycles. The van der Waals surface area contributed by atoms with E-state index in [4.69, 9.17) is 9.47 Å². The molecule has 1 aromatic carbocycles. The molecule has 0 spiro atoms. The molecule has 4 rings (SSSR count). The summed E-state index contributed by atoms with van der Waals surface area (Å²) in [4.78, 5) is 43.9. The number of aromatic amines is 1. The molecule has 1 unspecified atom stereocenters. The maximum absolute atomic E-state index is 15.0. The highest BCUT2D eigenvalue weighted by Gasteiger charge is 2.45. The number of halogens is 1. The van der Waals surface area contributed by atoms with Crippen LogP contribution in [0.3, 0.4) is 0 Å². The number of nitrogens with zero attached hydrogens (tertiary/aromatic N) is 1. The number of hydrogen-bond donors (Lipinski definition) is 2. The molecule has 2 aromatic rings. The van der Waals surface area contributed by atoms with Gasteiger partial charge in [0.15, 0.2) is 0 Å². The number of aromatic nitrogens is 1. The number of benzene rings is 1. The molecule has 3 heterocycles. The molecule has 36 heavy (non-hydrogen) atoms. The van der Waals surface area contributed by atoms with E-state index in [-0.39, 0.29) is 28.9 Å². The fraction of sp³-hybridized carbons (Fsp3) is 0.423. The fourth-order valence-electron chi connectivity index (χ4n) is 5.06. The monoisotopic (exact) mass is 499 g/mol. The zero-order chi connectivity index (χ0) is 26.0. The van der Waals surface area contributed by atoms with Crippen LogP contribution in [-0.2, 0) is 19.1 Å². The van der Waals surface area contributed by atoms with Gasteiger partial charge in [-0.3, -0.25) is 9.59 Å². The minimum Gasteiger partial charge on any atom is -0.872 e. The predicted molar refractivity (Wildman–Crippen MR) is 125 cm³/mol. The minimum atomic E-state index is -1.16. The number of methoxy groups -OCH3 is 1. The Morgan fingerprint density at radius 1 is 1.25 bits per heavy atom. The molecule has 0 bridgehead atoms. The number of esters is 1. The van der Waals surface area contributed by atoms with E-state index in [2.05, 4.69) is 4.98 Å². The normalized spacial score (nSPS) is 20.2. The number of hydrogen-bond acceptors (Lipinski definition) is 6. The zero-order valence-corrected chi connectivity index (χ0v) is 20.6. The number of morpholine rings is 1. The molecule has 2 saturated heterocycles. The van der Waals surface area contributed by atoms with E-state index in [0.29, 0.717) is 30.9 Å². The Balaban J connectivity index is 1.76. The molecule has 2 N–H and O–H groups in total. The van der Waals surface area contributed by atoms with Crippen molar-refractivity contribution in [2.75, 3.05) is 46.5 Å². The van der Waals surface area contributed by atoms with Crippen LogP contribution in [0.2, 0.25) is 0 Å². The molecular weight excluding hydrogens is 469 g/mol. The van der Waals surface area contributed by atoms with Gasteiger partial charge in [0.2, 0.25) is 5.78 Å². The number of H-pyrrole nitrogens is 1. The molecule has 0 radical (unpaired) electrons. The molecule has 0 aliphatic carbocycles. The highest BCUT2D eigenvalue weighted by molar-refractivity contribution is 6.46. The minimum absolute atomic E-state index is 0.0813. The molecule has 192 valence electrons. The Hall–Kier alpha value is -3.50. The van der Waals surface area contributed by atoms with E-state index in [1.807, 2.05) is 0 Å². The van der Waals surface area contributed by atoms with Crippen molar-refractivity contribution in [2.45, 2.75) is 26.3 Å². The molecule has 1 atom stereocenters. The standard InChI is InChI=1S/C26H30FN3O6/c1-15-19(16(2)28-21(15)26(34)35-3)23(31)20-22(17-7-4-5-8-18(17)27)30(25(33)24(20)32)10-6-9-29-11-13-36-14-12-29/h4-5,7-8,22,28,31H,6,9-14H2,1-3H3. The largest absolute Gasteiger partial charge is 0.872 e. The van der Waals surface area contributed by atoms with Crippen LogP contribution in [0.25, 0.3) is 5.76 Å². The Morgan fingerprint density at radius 2 is 1.94 bits per heavy atom.